The lowest BCUT2D eigenvalue weighted by Crippen LogP contribution is -2.03. The zero-order chi connectivity index (χ0) is 16.1. The highest BCUT2D eigenvalue weighted by atomic mass is 32.2. The van der Waals surface area contributed by atoms with Gasteiger partial charge in [0, 0.05) is 31.9 Å². The first-order valence-electron chi connectivity index (χ1n) is 6.63. The van der Waals surface area contributed by atoms with E-state index in [1.54, 1.807) is 12.3 Å². The van der Waals surface area contributed by atoms with E-state index in [9.17, 15) is 10.1 Å². The molecule has 3 nitrogen and oxygen atoms in total. The average molecular weight is 328 g/mol. The normalized spacial score (nSPS) is 10.6. The van der Waals surface area contributed by atoms with E-state index in [1.807, 2.05) is 55.6 Å². The number of hydrogen-bond acceptors (Lipinski definition) is 5. The van der Waals surface area contributed by atoms with Gasteiger partial charge in [-0.25, -0.2) is 0 Å². The highest BCUT2D eigenvalue weighted by Gasteiger charge is 2.22. The molecular formula is C17H16N2OS2. The summed E-state index contributed by atoms with van der Waals surface area (Å²) >= 11 is 2.89. The van der Waals surface area contributed by atoms with E-state index in [2.05, 4.69) is 6.07 Å². The fourth-order valence-electron chi connectivity index (χ4n) is 2.00. The second kappa shape index (κ2) is 7.30. The Morgan fingerprint density at radius 3 is 2.55 bits per heavy atom. The van der Waals surface area contributed by atoms with Gasteiger partial charge in [0.15, 0.2) is 5.78 Å². The van der Waals surface area contributed by atoms with Gasteiger partial charge in [-0.15, -0.1) is 23.1 Å². The number of nitrogens with zero attached hydrogens (tertiary/aromatic N) is 2. The lowest BCUT2D eigenvalue weighted by molar-refractivity contribution is 0.104. The van der Waals surface area contributed by atoms with E-state index >= 15 is 0 Å². The van der Waals surface area contributed by atoms with E-state index in [-0.39, 0.29) is 5.78 Å². The molecule has 0 amide bonds. The number of hydrogen-bond donors (Lipinski definition) is 0. The van der Waals surface area contributed by atoms with Gasteiger partial charge < -0.3 is 4.90 Å². The quantitative estimate of drug-likeness (QED) is 0.467. The van der Waals surface area contributed by atoms with Crippen molar-refractivity contribution < 1.29 is 4.79 Å². The molecule has 0 unspecified atom stereocenters. The monoisotopic (exact) mass is 328 g/mol. The van der Waals surface area contributed by atoms with E-state index in [0.717, 1.165) is 15.3 Å². The van der Waals surface area contributed by atoms with E-state index < -0.39 is 0 Å². The summed E-state index contributed by atoms with van der Waals surface area (Å²) in [6.07, 6.45) is 5.19. The van der Waals surface area contributed by atoms with Gasteiger partial charge in [0.05, 0.1) is 14.6 Å². The molecule has 5 heteroatoms. The van der Waals surface area contributed by atoms with Gasteiger partial charge in [0.1, 0.15) is 6.07 Å². The zero-order valence-corrected chi connectivity index (χ0v) is 14.3. The van der Waals surface area contributed by atoms with Crippen LogP contribution < -0.4 is 0 Å². The van der Waals surface area contributed by atoms with Gasteiger partial charge >= 0.3 is 0 Å². The molecular weight excluding hydrogens is 312 g/mol. The molecule has 1 aromatic carbocycles. The van der Waals surface area contributed by atoms with Crippen LogP contribution in [0.4, 0.5) is 0 Å². The molecule has 0 radical (unpaired) electrons. The Bertz CT molecular complexity index is 740. The second-order valence-corrected chi connectivity index (χ2v) is 6.89. The summed E-state index contributed by atoms with van der Waals surface area (Å²) in [7, 11) is 3.73. The van der Waals surface area contributed by atoms with Gasteiger partial charge in [-0.2, -0.15) is 5.26 Å². The first-order chi connectivity index (χ1) is 10.6. The van der Waals surface area contributed by atoms with Crippen LogP contribution in [0.25, 0.3) is 11.1 Å². The van der Waals surface area contributed by atoms with Crippen molar-refractivity contribution in [2.45, 2.75) is 4.21 Å². The number of benzene rings is 1. The molecule has 0 spiro atoms. The molecule has 1 heterocycles. The van der Waals surface area contributed by atoms with Crippen molar-refractivity contribution in [1.82, 2.24) is 4.90 Å². The summed E-state index contributed by atoms with van der Waals surface area (Å²) in [5.41, 5.74) is 2.23. The molecule has 0 fully saturated rings. The molecule has 0 atom stereocenters. The number of rotatable bonds is 5. The molecule has 0 aliphatic heterocycles. The second-order valence-electron chi connectivity index (χ2n) is 4.79. The summed E-state index contributed by atoms with van der Waals surface area (Å²) in [6.45, 7) is 0. The zero-order valence-electron chi connectivity index (χ0n) is 12.7. The van der Waals surface area contributed by atoms with Crippen molar-refractivity contribution >= 4 is 28.9 Å². The van der Waals surface area contributed by atoms with Gasteiger partial charge in [0.2, 0.25) is 0 Å². The van der Waals surface area contributed by atoms with Crippen LogP contribution in [0.2, 0.25) is 0 Å². The molecule has 0 saturated carbocycles. The van der Waals surface area contributed by atoms with Gasteiger partial charge in [-0.1, -0.05) is 30.3 Å². The smallest absolute Gasteiger partial charge is 0.197 e. The molecule has 1 aromatic heterocycles. The first-order valence-corrected chi connectivity index (χ1v) is 8.67. The third kappa shape index (κ3) is 3.41. The third-order valence-corrected chi connectivity index (χ3v) is 5.31. The number of nitriles is 1. The summed E-state index contributed by atoms with van der Waals surface area (Å²) in [4.78, 5) is 14.9. The lowest BCUT2D eigenvalue weighted by Gasteiger charge is -2.04. The van der Waals surface area contributed by atoms with Crippen LogP contribution in [-0.2, 0) is 0 Å². The van der Waals surface area contributed by atoms with E-state index in [0.29, 0.717) is 10.4 Å². The molecule has 0 bridgehead atoms. The highest BCUT2D eigenvalue weighted by molar-refractivity contribution is 8.00. The Hall–Kier alpha value is -2.03. The summed E-state index contributed by atoms with van der Waals surface area (Å²) in [6, 6.07) is 11.9. The summed E-state index contributed by atoms with van der Waals surface area (Å²) < 4.78 is 0.878. The van der Waals surface area contributed by atoms with Crippen LogP contribution in [0.1, 0.15) is 15.2 Å². The number of carbonyl (C=O) groups is 1. The molecule has 22 heavy (non-hydrogen) atoms. The van der Waals surface area contributed by atoms with Crippen molar-refractivity contribution in [3.8, 4) is 17.2 Å². The molecule has 0 saturated heterocycles. The largest absolute Gasteiger partial charge is 0.383 e. The SMILES string of the molecule is CSc1sc(C(=O)/C=C/N(C)C)c(-c2ccccc2)c1C#N. The van der Waals surface area contributed by atoms with Crippen molar-refractivity contribution in [3.63, 3.8) is 0 Å². The minimum Gasteiger partial charge on any atom is -0.383 e. The Morgan fingerprint density at radius 1 is 1.32 bits per heavy atom. The van der Waals surface area contributed by atoms with Crippen molar-refractivity contribution in [3.05, 3.63) is 53.0 Å². The standard InChI is InChI=1S/C17H16N2OS2/c1-19(2)10-9-14(20)16-15(12-7-5-4-6-8-12)13(11-18)17(21-3)22-16/h4-10H,1-3H3/b10-9+. The maximum atomic E-state index is 12.5. The minimum absolute atomic E-state index is 0.0747. The number of thiophene rings is 1. The van der Waals surface area contributed by atoms with Crippen molar-refractivity contribution in [2.24, 2.45) is 0 Å². The van der Waals surface area contributed by atoms with Crippen molar-refractivity contribution in [2.75, 3.05) is 20.4 Å². The third-order valence-electron chi connectivity index (χ3n) is 2.98. The van der Waals surface area contributed by atoms with Gasteiger partial charge in [0.25, 0.3) is 0 Å². The van der Waals surface area contributed by atoms with Crippen LogP contribution in [0, 0.1) is 11.3 Å². The molecule has 0 aliphatic rings. The van der Waals surface area contributed by atoms with Gasteiger partial charge in [-0.3, -0.25) is 4.79 Å². The number of ketones is 1. The molecule has 112 valence electrons. The minimum atomic E-state index is -0.0747. The molecule has 2 rings (SSSR count). The summed E-state index contributed by atoms with van der Waals surface area (Å²) in [5, 5.41) is 9.51. The Balaban J connectivity index is 2.62. The topological polar surface area (TPSA) is 44.1 Å². The highest BCUT2D eigenvalue weighted by Crippen LogP contribution is 2.41. The molecule has 0 aliphatic carbocycles. The number of carbonyl (C=O) groups excluding carboxylic acids is 1. The van der Waals surface area contributed by atoms with Gasteiger partial charge in [-0.05, 0) is 11.8 Å². The lowest BCUT2D eigenvalue weighted by atomic mass is 10.0. The van der Waals surface area contributed by atoms with E-state index in [1.165, 1.54) is 23.1 Å². The molecule has 0 N–H and O–H groups in total. The maximum absolute atomic E-state index is 12.5. The predicted octanol–water partition coefficient (Wildman–Crippen LogP) is 4.27. The van der Waals surface area contributed by atoms with Crippen LogP contribution in [0.15, 0.2) is 46.8 Å². The fourth-order valence-corrected chi connectivity index (χ4v) is 3.86. The summed E-state index contributed by atoms with van der Waals surface area (Å²) in [5.74, 6) is -0.0747. The molecule has 2 aromatic rings. The first kappa shape index (κ1) is 16.3. The maximum Gasteiger partial charge on any atom is 0.197 e. The Morgan fingerprint density at radius 2 is 2.00 bits per heavy atom. The predicted molar refractivity (Wildman–Crippen MR) is 93.4 cm³/mol. The van der Waals surface area contributed by atoms with Crippen LogP contribution in [0.3, 0.4) is 0 Å². The Kier molecular flexibility index (Phi) is 5.42. The fraction of sp³-hybridized carbons (Fsp3) is 0.176. The van der Waals surface area contributed by atoms with Crippen LogP contribution in [0.5, 0.6) is 0 Å². The average Bonchev–Trinajstić information content (AvgIpc) is 2.92. The van der Waals surface area contributed by atoms with Crippen molar-refractivity contribution in [1.29, 1.82) is 5.26 Å². The van der Waals surface area contributed by atoms with Crippen LogP contribution >= 0.6 is 23.1 Å². The van der Waals surface area contributed by atoms with Crippen LogP contribution in [-0.4, -0.2) is 31.0 Å². The number of thioether (sulfide) groups is 1. The number of allylic oxidation sites excluding steroid dienone is 1. The Labute approximate surface area is 138 Å². The van der Waals surface area contributed by atoms with E-state index in [4.69, 9.17) is 0 Å².